The van der Waals surface area contributed by atoms with E-state index in [2.05, 4.69) is 36.4 Å². The van der Waals surface area contributed by atoms with E-state index in [-0.39, 0.29) is 0 Å². The first-order chi connectivity index (χ1) is 10.8. The lowest BCUT2D eigenvalue weighted by Crippen LogP contribution is -2.18. The van der Waals surface area contributed by atoms with E-state index >= 15 is 0 Å². The molecule has 2 heteroatoms. The van der Waals surface area contributed by atoms with Crippen molar-refractivity contribution in [3.63, 3.8) is 0 Å². The molecule has 0 amide bonds. The Labute approximate surface area is 128 Å². The van der Waals surface area contributed by atoms with Crippen LogP contribution in [0, 0.1) is 0 Å². The first-order valence-electron chi connectivity index (χ1n) is 7.49. The van der Waals surface area contributed by atoms with Crippen molar-refractivity contribution >= 4 is 22.9 Å². The van der Waals surface area contributed by atoms with Gasteiger partial charge in [-0.3, -0.25) is 0 Å². The van der Waals surface area contributed by atoms with E-state index in [1.807, 2.05) is 24.3 Å². The van der Waals surface area contributed by atoms with E-state index in [1.165, 1.54) is 16.3 Å². The second-order valence-electron chi connectivity index (χ2n) is 6.01. The van der Waals surface area contributed by atoms with E-state index < -0.39 is 12.2 Å². The van der Waals surface area contributed by atoms with Gasteiger partial charge in [-0.25, -0.2) is 0 Å². The molecule has 106 valence electrons. The Morgan fingerprint density at radius 3 is 2.55 bits per heavy atom. The van der Waals surface area contributed by atoms with Gasteiger partial charge in [0.1, 0.15) is 12.2 Å². The lowest BCUT2D eigenvalue weighted by molar-refractivity contribution is 0.0158. The smallest absolute Gasteiger partial charge is 0.110 e. The molecule has 0 bridgehead atoms. The fourth-order valence-electron chi connectivity index (χ4n) is 3.89. The maximum absolute atomic E-state index is 10.7. The van der Waals surface area contributed by atoms with Gasteiger partial charge in [0.2, 0.25) is 0 Å². The Bertz CT molecular complexity index is 969. The highest BCUT2D eigenvalue weighted by molar-refractivity contribution is 6.08. The summed E-state index contributed by atoms with van der Waals surface area (Å²) in [5.41, 5.74) is 5.91. The van der Waals surface area contributed by atoms with E-state index in [9.17, 15) is 10.2 Å². The summed E-state index contributed by atoms with van der Waals surface area (Å²) in [5, 5.41) is 23.5. The summed E-state index contributed by atoms with van der Waals surface area (Å²) in [6, 6.07) is 16.2. The number of hydrogen-bond acceptors (Lipinski definition) is 2. The monoisotopic (exact) mass is 286 g/mol. The van der Waals surface area contributed by atoms with Crippen LogP contribution in [0.3, 0.4) is 0 Å². The van der Waals surface area contributed by atoms with Crippen LogP contribution < -0.4 is 0 Å². The van der Waals surface area contributed by atoms with Gasteiger partial charge >= 0.3 is 0 Å². The van der Waals surface area contributed by atoms with Crippen molar-refractivity contribution in [1.82, 2.24) is 0 Å². The fourth-order valence-corrected chi connectivity index (χ4v) is 3.89. The first-order valence-corrected chi connectivity index (χ1v) is 7.49. The van der Waals surface area contributed by atoms with Crippen LogP contribution in [0.1, 0.15) is 34.5 Å². The van der Waals surface area contributed by atoms with Crippen molar-refractivity contribution in [1.29, 1.82) is 0 Å². The molecule has 0 unspecified atom stereocenters. The summed E-state index contributed by atoms with van der Waals surface area (Å²) in [7, 11) is 0. The highest BCUT2D eigenvalue weighted by Crippen LogP contribution is 2.49. The van der Waals surface area contributed by atoms with Crippen molar-refractivity contribution in [2.24, 2.45) is 0 Å². The summed E-state index contributed by atoms with van der Waals surface area (Å²) in [6.07, 6.45) is 2.37. The van der Waals surface area contributed by atoms with Crippen molar-refractivity contribution in [3.05, 3.63) is 70.8 Å². The lowest BCUT2D eigenvalue weighted by Gasteiger charge is -2.31. The molecule has 3 aromatic carbocycles. The third-order valence-corrected chi connectivity index (χ3v) is 4.87. The molecule has 5 rings (SSSR count). The zero-order chi connectivity index (χ0) is 14.8. The molecule has 0 aromatic heterocycles. The maximum Gasteiger partial charge on any atom is 0.110 e. The second-order valence-corrected chi connectivity index (χ2v) is 6.01. The molecule has 0 fully saturated rings. The maximum atomic E-state index is 10.7. The number of hydrogen-bond donors (Lipinski definition) is 2. The average Bonchev–Trinajstić information content (AvgIpc) is 2.98. The first kappa shape index (κ1) is 12.2. The minimum Gasteiger partial charge on any atom is -0.385 e. The van der Waals surface area contributed by atoms with Gasteiger partial charge in [-0.05, 0) is 50.2 Å². The van der Waals surface area contributed by atoms with E-state index in [1.54, 1.807) is 0 Å². The lowest BCUT2D eigenvalue weighted by atomic mass is 9.78. The van der Waals surface area contributed by atoms with Crippen LogP contribution in [0.5, 0.6) is 0 Å². The van der Waals surface area contributed by atoms with Gasteiger partial charge in [0, 0.05) is 0 Å². The standard InChI is InChI=1S/C20H14O2/c21-19-14-7-2-1-6-13(14)16-10-12-5-3-4-11-8-9-15(17(11)12)18(16)20(19)22/h1-10,19-22H/t19-,20-/m0/s1. The molecule has 2 aliphatic rings. The predicted molar refractivity (Wildman–Crippen MR) is 88.2 cm³/mol. The summed E-state index contributed by atoms with van der Waals surface area (Å²) in [5.74, 6) is 0. The van der Waals surface area contributed by atoms with E-state index in [4.69, 9.17) is 0 Å². The van der Waals surface area contributed by atoms with Crippen LogP contribution in [-0.4, -0.2) is 10.2 Å². The largest absolute Gasteiger partial charge is 0.385 e. The van der Waals surface area contributed by atoms with Crippen LogP contribution in [0.25, 0.3) is 34.1 Å². The molecule has 2 atom stereocenters. The second kappa shape index (κ2) is 4.07. The van der Waals surface area contributed by atoms with E-state index in [0.717, 1.165) is 27.8 Å². The number of rotatable bonds is 0. The van der Waals surface area contributed by atoms with Gasteiger partial charge in [-0.2, -0.15) is 0 Å². The van der Waals surface area contributed by atoms with Gasteiger partial charge in [0.15, 0.2) is 0 Å². The van der Waals surface area contributed by atoms with Crippen molar-refractivity contribution in [2.45, 2.75) is 12.2 Å². The Morgan fingerprint density at radius 1 is 0.773 bits per heavy atom. The Hall–Kier alpha value is -2.42. The Morgan fingerprint density at radius 2 is 1.64 bits per heavy atom. The SMILES string of the molecule is O[C@H]1c2ccccc2-c2cc3cccc4c3c(c2[C@@H]1O)C=C4. The van der Waals surface area contributed by atoms with Crippen LogP contribution in [0.2, 0.25) is 0 Å². The summed E-state index contributed by atoms with van der Waals surface area (Å²) >= 11 is 0. The number of fused-ring (bicyclic) bond motifs is 4. The zero-order valence-corrected chi connectivity index (χ0v) is 11.8. The topological polar surface area (TPSA) is 40.5 Å². The van der Waals surface area contributed by atoms with Crippen molar-refractivity contribution in [2.75, 3.05) is 0 Å². The molecule has 0 heterocycles. The van der Waals surface area contributed by atoms with Crippen molar-refractivity contribution < 1.29 is 10.2 Å². The Balaban J connectivity index is 1.97. The summed E-state index contributed by atoms with van der Waals surface area (Å²) in [6.45, 7) is 0. The zero-order valence-electron chi connectivity index (χ0n) is 11.8. The third kappa shape index (κ3) is 1.36. The summed E-state index contributed by atoms with van der Waals surface area (Å²) in [4.78, 5) is 0. The van der Waals surface area contributed by atoms with Crippen molar-refractivity contribution in [3.8, 4) is 11.1 Å². The number of aliphatic hydroxyl groups excluding tert-OH is 2. The third-order valence-electron chi connectivity index (χ3n) is 4.87. The van der Waals surface area contributed by atoms with Crippen LogP contribution in [0.15, 0.2) is 48.5 Å². The molecular formula is C20H14O2. The van der Waals surface area contributed by atoms with Crippen LogP contribution >= 0.6 is 0 Å². The van der Waals surface area contributed by atoms with Gasteiger partial charge in [-0.1, -0.05) is 54.6 Å². The van der Waals surface area contributed by atoms with E-state index in [0.29, 0.717) is 0 Å². The average molecular weight is 286 g/mol. The normalized spacial score (nSPS) is 21.0. The fraction of sp³-hybridized carbons (Fsp3) is 0.100. The van der Waals surface area contributed by atoms with Gasteiger partial charge < -0.3 is 10.2 Å². The molecule has 2 nitrogen and oxygen atoms in total. The molecule has 3 aromatic rings. The number of benzene rings is 3. The quantitative estimate of drug-likeness (QED) is 0.511. The Kier molecular flexibility index (Phi) is 2.25. The molecular weight excluding hydrogens is 272 g/mol. The van der Waals surface area contributed by atoms with Gasteiger partial charge in [0.05, 0.1) is 0 Å². The predicted octanol–water partition coefficient (Wildman–Crippen LogP) is 4.07. The van der Waals surface area contributed by atoms with Crippen LogP contribution in [0.4, 0.5) is 0 Å². The molecule has 0 spiro atoms. The van der Waals surface area contributed by atoms with Gasteiger partial charge in [0.25, 0.3) is 0 Å². The molecule has 0 radical (unpaired) electrons. The molecule has 0 saturated heterocycles. The minimum atomic E-state index is -0.889. The highest BCUT2D eigenvalue weighted by Gasteiger charge is 2.34. The number of aliphatic hydroxyl groups is 2. The molecule has 2 aliphatic carbocycles. The molecule has 22 heavy (non-hydrogen) atoms. The van der Waals surface area contributed by atoms with Crippen LogP contribution in [-0.2, 0) is 0 Å². The minimum absolute atomic E-state index is 0.798. The molecule has 0 aliphatic heterocycles. The van der Waals surface area contributed by atoms with Gasteiger partial charge in [-0.15, -0.1) is 0 Å². The molecule has 2 N–H and O–H groups in total. The summed E-state index contributed by atoms with van der Waals surface area (Å²) < 4.78 is 0. The highest BCUT2D eigenvalue weighted by atomic mass is 16.3. The molecule has 0 saturated carbocycles.